The number of carbonyl (C=O) groups is 2. The first kappa shape index (κ1) is 28.7. The standard InChI is InChI=1S/C24H31Cl2N3O5S/c1-5-21(24(31)27-2)28(16-17-8-11-19(34-3)12-9-17)23(30)7-6-14-29(35(4,32)33)22-15-18(25)10-13-20(22)26/h8-13,15,21H,5-7,14,16H2,1-4H3,(H,27,31). The number of carbonyl (C=O) groups excluding carboxylic acids is 2. The van der Waals surface area contributed by atoms with Crippen molar-refractivity contribution >= 4 is 50.7 Å². The zero-order valence-electron chi connectivity index (χ0n) is 20.3. The molecule has 1 N–H and O–H groups in total. The van der Waals surface area contributed by atoms with E-state index in [1.807, 2.05) is 19.1 Å². The number of hydrogen-bond acceptors (Lipinski definition) is 5. The Hall–Kier alpha value is -2.49. The molecule has 35 heavy (non-hydrogen) atoms. The minimum absolute atomic E-state index is 0.0256. The van der Waals surface area contributed by atoms with Crippen LogP contribution in [0, 0.1) is 0 Å². The molecular weight excluding hydrogens is 513 g/mol. The largest absolute Gasteiger partial charge is 0.497 e. The molecule has 0 saturated heterocycles. The van der Waals surface area contributed by atoms with Crippen molar-refractivity contribution in [3.8, 4) is 5.75 Å². The zero-order chi connectivity index (χ0) is 26.2. The van der Waals surface area contributed by atoms with Crippen molar-refractivity contribution in [2.75, 3.05) is 31.3 Å². The van der Waals surface area contributed by atoms with Crippen LogP contribution in [0.5, 0.6) is 5.75 Å². The first-order valence-electron chi connectivity index (χ1n) is 11.1. The van der Waals surface area contributed by atoms with Crippen molar-refractivity contribution in [1.29, 1.82) is 0 Å². The number of amides is 2. The molecule has 11 heteroatoms. The third kappa shape index (κ3) is 8.02. The van der Waals surface area contributed by atoms with Crippen LogP contribution in [-0.4, -0.2) is 58.1 Å². The monoisotopic (exact) mass is 543 g/mol. The first-order valence-corrected chi connectivity index (χ1v) is 13.7. The molecule has 192 valence electrons. The molecule has 8 nitrogen and oxygen atoms in total. The van der Waals surface area contributed by atoms with Gasteiger partial charge in [0.15, 0.2) is 0 Å². The molecule has 0 aromatic heterocycles. The minimum atomic E-state index is -3.68. The molecule has 0 radical (unpaired) electrons. The lowest BCUT2D eigenvalue weighted by molar-refractivity contribution is -0.141. The average molecular weight is 545 g/mol. The number of sulfonamides is 1. The van der Waals surface area contributed by atoms with E-state index in [1.54, 1.807) is 25.3 Å². The van der Waals surface area contributed by atoms with Crippen molar-refractivity contribution in [3.63, 3.8) is 0 Å². The SMILES string of the molecule is CCC(C(=O)NC)N(Cc1ccc(OC)cc1)C(=O)CCCN(c1cc(Cl)ccc1Cl)S(C)(=O)=O. The number of methoxy groups -OCH3 is 1. The summed E-state index contributed by atoms with van der Waals surface area (Å²) in [6.45, 7) is 2.09. The van der Waals surface area contributed by atoms with Gasteiger partial charge < -0.3 is 15.0 Å². The number of anilines is 1. The van der Waals surface area contributed by atoms with Gasteiger partial charge in [0, 0.05) is 31.6 Å². The number of ether oxygens (including phenoxy) is 1. The van der Waals surface area contributed by atoms with Gasteiger partial charge in [-0.1, -0.05) is 42.3 Å². The van der Waals surface area contributed by atoms with Crippen LogP contribution in [0.25, 0.3) is 0 Å². The van der Waals surface area contributed by atoms with Crippen LogP contribution in [0.1, 0.15) is 31.7 Å². The number of nitrogens with zero attached hydrogens (tertiary/aromatic N) is 2. The Labute approximate surface area is 217 Å². The summed E-state index contributed by atoms with van der Waals surface area (Å²) in [7, 11) is -0.583. The molecule has 2 aromatic carbocycles. The third-order valence-corrected chi connectivity index (χ3v) is 7.21. The number of halogens is 2. The van der Waals surface area contributed by atoms with Crippen LogP contribution >= 0.6 is 23.2 Å². The lowest BCUT2D eigenvalue weighted by Gasteiger charge is -2.31. The van der Waals surface area contributed by atoms with Gasteiger partial charge in [-0.25, -0.2) is 8.42 Å². The lowest BCUT2D eigenvalue weighted by Crippen LogP contribution is -2.48. The van der Waals surface area contributed by atoms with E-state index in [9.17, 15) is 18.0 Å². The molecule has 0 aliphatic rings. The Morgan fingerprint density at radius 2 is 1.77 bits per heavy atom. The van der Waals surface area contributed by atoms with Crippen molar-refractivity contribution in [1.82, 2.24) is 10.2 Å². The first-order chi connectivity index (χ1) is 16.5. The van der Waals surface area contributed by atoms with Crippen molar-refractivity contribution in [2.45, 2.75) is 38.8 Å². The molecule has 1 unspecified atom stereocenters. The van der Waals surface area contributed by atoms with Gasteiger partial charge in [-0.2, -0.15) is 0 Å². The van der Waals surface area contributed by atoms with Gasteiger partial charge in [0.25, 0.3) is 0 Å². The highest BCUT2D eigenvalue weighted by Crippen LogP contribution is 2.31. The molecule has 0 spiro atoms. The molecule has 2 rings (SSSR count). The highest BCUT2D eigenvalue weighted by Gasteiger charge is 2.28. The maximum absolute atomic E-state index is 13.3. The number of likely N-dealkylation sites (N-methyl/N-ethyl adjacent to an activating group) is 1. The number of rotatable bonds is 12. The van der Waals surface area contributed by atoms with Crippen LogP contribution in [0.15, 0.2) is 42.5 Å². The molecule has 0 fully saturated rings. The topological polar surface area (TPSA) is 96.0 Å². The lowest BCUT2D eigenvalue weighted by atomic mass is 10.1. The Kier molecular flexibility index (Phi) is 10.7. The second-order valence-electron chi connectivity index (χ2n) is 7.94. The highest BCUT2D eigenvalue weighted by molar-refractivity contribution is 7.92. The van der Waals surface area contributed by atoms with E-state index in [0.717, 1.165) is 16.1 Å². The summed E-state index contributed by atoms with van der Waals surface area (Å²) in [5.74, 6) is 0.158. The molecule has 0 saturated carbocycles. The smallest absolute Gasteiger partial charge is 0.242 e. The fourth-order valence-electron chi connectivity index (χ4n) is 3.67. The van der Waals surface area contributed by atoms with E-state index in [-0.39, 0.29) is 48.5 Å². The summed E-state index contributed by atoms with van der Waals surface area (Å²) in [6.07, 6.45) is 1.75. The summed E-state index contributed by atoms with van der Waals surface area (Å²) < 4.78 is 31.2. The molecule has 0 bridgehead atoms. The Morgan fingerprint density at radius 1 is 1.11 bits per heavy atom. The second kappa shape index (κ2) is 13.0. The fraction of sp³-hybridized carbons (Fsp3) is 0.417. The van der Waals surface area contributed by atoms with Crippen LogP contribution in [0.2, 0.25) is 10.0 Å². The highest BCUT2D eigenvalue weighted by atomic mass is 35.5. The maximum Gasteiger partial charge on any atom is 0.242 e. The average Bonchev–Trinajstić information content (AvgIpc) is 2.82. The summed E-state index contributed by atoms with van der Waals surface area (Å²) in [5.41, 5.74) is 1.09. The summed E-state index contributed by atoms with van der Waals surface area (Å²) in [6, 6.07) is 11.1. The van der Waals surface area contributed by atoms with Gasteiger partial charge in [-0.05, 0) is 48.7 Å². The predicted molar refractivity (Wildman–Crippen MR) is 140 cm³/mol. The van der Waals surface area contributed by atoms with Gasteiger partial charge >= 0.3 is 0 Å². The molecule has 2 aromatic rings. The van der Waals surface area contributed by atoms with E-state index in [2.05, 4.69) is 5.32 Å². The zero-order valence-corrected chi connectivity index (χ0v) is 22.6. The van der Waals surface area contributed by atoms with Gasteiger partial charge in [0.2, 0.25) is 21.8 Å². The normalized spacial score (nSPS) is 12.1. The van der Waals surface area contributed by atoms with Crippen molar-refractivity contribution in [2.24, 2.45) is 0 Å². The van der Waals surface area contributed by atoms with Crippen LogP contribution in [0.4, 0.5) is 5.69 Å². The number of nitrogens with one attached hydrogen (secondary N) is 1. The van der Waals surface area contributed by atoms with E-state index < -0.39 is 16.1 Å². The van der Waals surface area contributed by atoms with Gasteiger partial charge in [-0.3, -0.25) is 13.9 Å². The minimum Gasteiger partial charge on any atom is -0.497 e. The predicted octanol–water partition coefficient (Wildman–Crippen LogP) is 4.10. The van der Waals surface area contributed by atoms with E-state index in [0.29, 0.717) is 17.2 Å². The van der Waals surface area contributed by atoms with Crippen LogP contribution in [-0.2, 0) is 26.2 Å². The molecule has 1 atom stereocenters. The Bertz CT molecular complexity index is 1130. The van der Waals surface area contributed by atoms with E-state index in [1.165, 1.54) is 24.1 Å². The summed E-state index contributed by atoms with van der Waals surface area (Å²) >= 11 is 12.3. The molecule has 0 aliphatic carbocycles. The van der Waals surface area contributed by atoms with E-state index in [4.69, 9.17) is 27.9 Å². The van der Waals surface area contributed by atoms with Crippen molar-refractivity contribution < 1.29 is 22.7 Å². The number of benzene rings is 2. The summed E-state index contributed by atoms with van der Waals surface area (Å²) in [4.78, 5) is 27.3. The maximum atomic E-state index is 13.3. The quantitative estimate of drug-likeness (QED) is 0.434. The number of hydrogen-bond donors (Lipinski definition) is 1. The molecule has 0 aliphatic heterocycles. The fourth-order valence-corrected chi connectivity index (χ4v) is 5.08. The van der Waals surface area contributed by atoms with Gasteiger partial charge in [0.05, 0.1) is 24.1 Å². The van der Waals surface area contributed by atoms with Gasteiger partial charge in [0.1, 0.15) is 11.8 Å². The van der Waals surface area contributed by atoms with Gasteiger partial charge in [-0.15, -0.1) is 0 Å². The van der Waals surface area contributed by atoms with Crippen LogP contribution in [0.3, 0.4) is 0 Å². The van der Waals surface area contributed by atoms with Crippen LogP contribution < -0.4 is 14.4 Å². The third-order valence-electron chi connectivity index (χ3n) is 5.47. The van der Waals surface area contributed by atoms with E-state index >= 15 is 0 Å². The second-order valence-corrected chi connectivity index (χ2v) is 10.7. The molecular formula is C24H31Cl2N3O5S. The summed E-state index contributed by atoms with van der Waals surface area (Å²) in [5, 5.41) is 3.19. The van der Waals surface area contributed by atoms with Crippen molar-refractivity contribution in [3.05, 3.63) is 58.1 Å². The Balaban J connectivity index is 2.22. The molecule has 0 heterocycles. The molecule has 2 amide bonds. The Morgan fingerprint density at radius 3 is 2.31 bits per heavy atom.